The van der Waals surface area contributed by atoms with Gasteiger partial charge in [0, 0.05) is 12.3 Å². The SMILES string of the molecule is O=C(CSCCOC(c1ccccc1)c1ccccc1)NCc1ccc2c(c1)OCO2. The molecule has 0 spiro atoms. The van der Waals surface area contributed by atoms with Crippen molar-refractivity contribution in [3.05, 3.63) is 95.6 Å². The summed E-state index contributed by atoms with van der Waals surface area (Å²) < 4.78 is 16.9. The number of hydrogen-bond acceptors (Lipinski definition) is 5. The second-order valence-corrected chi connectivity index (χ2v) is 8.19. The summed E-state index contributed by atoms with van der Waals surface area (Å²) in [5.74, 6) is 2.62. The van der Waals surface area contributed by atoms with E-state index in [0.29, 0.717) is 18.9 Å². The lowest BCUT2D eigenvalue weighted by Gasteiger charge is -2.19. The zero-order valence-corrected chi connectivity index (χ0v) is 18.0. The fourth-order valence-electron chi connectivity index (χ4n) is 3.33. The molecule has 1 aliphatic rings. The molecule has 0 bridgehead atoms. The average molecular weight is 436 g/mol. The number of ether oxygens (including phenoxy) is 3. The summed E-state index contributed by atoms with van der Waals surface area (Å²) in [6.07, 6.45) is -0.108. The van der Waals surface area contributed by atoms with Crippen molar-refractivity contribution >= 4 is 17.7 Å². The summed E-state index contributed by atoms with van der Waals surface area (Å²) in [6.45, 7) is 1.28. The third kappa shape index (κ3) is 6.03. The van der Waals surface area contributed by atoms with Crippen LogP contribution in [0.1, 0.15) is 22.8 Å². The van der Waals surface area contributed by atoms with Crippen LogP contribution in [0.3, 0.4) is 0 Å². The Labute approximate surface area is 186 Å². The smallest absolute Gasteiger partial charge is 0.231 e. The minimum absolute atomic E-state index is 0.00494. The Hall–Kier alpha value is -2.96. The van der Waals surface area contributed by atoms with Crippen molar-refractivity contribution < 1.29 is 19.0 Å². The van der Waals surface area contributed by atoms with E-state index in [0.717, 1.165) is 33.9 Å². The number of amides is 1. The van der Waals surface area contributed by atoms with Crippen LogP contribution < -0.4 is 14.8 Å². The number of benzene rings is 3. The average Bonchev–Trinajstić information content (AvgIpc) is 3.29. The number of hydrogen-bond donors (Lipinski definition) is 1. The second kappa shape index (κ2) is 10.9. The van der Waals surface area contributed by atoms with Gasteiger partial charge in [-0.2, -0.15) is 0 Å². The molecule has 160 valence electrons. The van der Waals surface area contributed by atoms with Gasteiger partial charge >= 0.3 is 0 Å². The van der Waals surface area contributed by atoms with E-state index in [1.165, 1.54) is 0 Å². The van der Waals surface area contributed by atoms with Gasteiger partial charge in [0.25, 0.3) is 0 Å². The lowest BCUT2D eigenvalue weighted by Crippen LogP contribution is -2.24. The largest absolute Gasteiger partial charge is 0.454 e. The van der Waals surface area contributed by atoms with Crippen LogP contribution in [0.15, 0.2) is 78.9 Å². The highest BCUT2D eigenvalue weighted by molar-refractivity contribution is 7.99. The molecule has 0 unspecified atom stereocenters. The summed E-state index contributed by atoms with van der Waals surface area (Å²) in [5, 5.41) is 2.94. The molecule has 0 saturated carbocycles. The first-order chi connectivity index (χ1) is 15.3. The molecule has 6 heteroatoms. The zero-order valence-electron chi connectivity index (χ0n) is 17.2. The van der Waals surface area contributed by atoms with Crippen LogP contribution in [-0.2, 0) is 16.1 Å². The fourth-order valence-corrected chi connectivity index (χ4v) is 3.98. The third-order valence-corrected chi connectivity index (χ3v) is 5.80. The van der Waals surface area contributed by atoms with Crippen molar-refractivity contribution in [2.24, 2.45) is 0 Å². The van der Waals surface area contributed by atoms with E-state index in [2.05, 4.69) is 29.6 Å². The maximum Gasteiger partial charge on any atom is 0.231 e. The summed E-state index contributed by atoms with van der Waals surface area (Å²) in [4.78, 5) is 12.2. The van der Waals surface area contributed by atoms with Crippen LogP contribution in [0.4, 0.5) is 0 Å². The summed E-state index contributed by atoms with van der Waals surface area (Å²) in [5.41, 5.74) is 3.24. The molecule has 1 aliphatic heterocycles. The Morgan fingerprint density at radius 3 is 2.32 bits per heavy atom. The van der Waals surface area contributed by atoms with Gasteiger partial charge in [-0.25, -0.2) is 0 Å². The van der Waals surface area contributed by atoms with Gasteiger partial charge in [0.05, 0.1) is 12.4 Å². The van der Waals surface area contributed by atoms with Crippen molar-refractivity contribution in [2.75, 3.05) is 24.9 Å². The van der Waals surface area contributed by atoms with E-state index in [-0.39, 0.29) is 18.8 Å². The first-order valence-corrected chi connectivity index (χ1v) is 11.4. The number of fused-ring (bicyclic) bond motifs is 1. The molecule has 4 rings (SSSR count). The normalized spacial score (nSPS) is 12.2. The Balaban J connectivity index is 1.19. The standard InChI is InChI=1S/C25H25NO4S/c27-24(26-16-19-11-12-22-23(15-19)30-18-29-22)17-31-14-13-28-25(20-7-3-1-4-8-20)21-9-5-2-6-10-21/h1-12,15,25H,13-14,16-18H2,(H,26,27). The highest BCUT2D eigenvalue weighted by Crippen LogP contribution is 2.32. The van der Waals surface area contributed by atoms with E-state index < -0.39 is 0 Å². The Kier molecular flexibility index (Phi) is 7.47. The van der Waals surface area contributed by atoms with E-state index >= 15 is 0 Å². The molecule has 0 fully saturated rings. The number of rotatable bonds is 10. The minimum Gasteiger partial charge on any atom is -0.454 e. The number of carbonyl (C=O) groups excluding carboxylic acids is 1. The summed E-state index contributed by atoms with van der Waals surface area (Å²) >= 11 is 1.57. The lowest BCUT2D eigenvalue weighted by molar-refractivity contribution is -0.118. The van der Waals surface area contributed by atoms with Gasteiger partial charge in [0.15, 0.2) is 11.5 Å². The van der Waals surface area contributed by atoms with Crippen LogP contribution in [-0.4, -0.2) is 30.8 Å². The predicted octanol–water partition coefficient (Wildman–Crippen LogP) is 4.57. The van der Waals surface area contributed by atoms with Crippen molar-refractivity contribution in [1.82, 2.24) is 5.32 Å². The Bertz CT molecular complexity index is 942. The predicted molar refractivity (Wildman–Crippen MR) is 122 cm³/mol. The molecule has 5 nitrogen and oxygen atoms in total. The highest BCUT2D eigenvalue weighted by atomic mass is 32.2. The molecule has 3 aromatic carbocycles. The van der Waals surface area contributed by atoms with Crippen LogP contribution in [0.25, 0.3) is 0 Å². The first kappa shape index (κ1) is 21.3. The van der Waals surface area contributed by atoms with Crippen LogP contribution in [0.2, 0.25) is 0 Å². The molecular formula is C25H25NO4S. The maximum atomic E-state index is 12.2. The molecule has 0 aromatic heterocycles. The molecule has 1 N–H and O–H groups in total. The number of thioether (sulfide) groups is 1. The fraction of sp³-hybridized carbons (Fsp3) is 0.240. The Morgan fingerprint density at radius 2 is 1.61 bits per heavy atom. The molecule has 0 atom stereocenters. The van der Waals surface area contributed by atoms with Crippen molar-refractivity contribution in [2.45, 2.75) is 12.6 Å². The summed E-state index contributed by atoms with van der Waals surface area (Å²) in [6, 6.07) is 26.1. The molecule has 1 heterocycles. The van der Waals surface area contributed by atoms with Gasteiger partial charge in [-0.1, -0.05) is 66.7 Å². The molecule has 1 amide bonds. The van der Waals surface area contributed by atoms with Crippen molar-refractivity contribution in [1.29, 1.82) is 0 Å². The van der Waals surface area contributed by atoms with Gasteiger partial charge in [0.1, 0.15) is 6.10 Å². The molecule has 0 radical (unpaired) electrons. The summed E-state index contributed by atoms with van der Waals surface area (Å²) in [7, 11) is 0. The molecule has 31 heavy (non-hydrogen) atoms. The van der Waals surface area contributed by atoms with E-state index in [1.807, 2.05) is 54.6 Å². The van der Waals surface area contributed by atoms with Crippen LogP contribution in [0, 0.1) is 0 Å². The minimum atomic E-state index is -0.108. The van der Waals surface area contributed by atoms with Crippen molar-refractivity contribution in [3.8, 4) is 11.5 Å². The molecule has 0 aliphatic carbocycles. The molecule has 3 aromatic rings. The zero-order chi connectivity index (χ0) is 21.3. The first-order valence-electron chi connectivity index (χ1n) is 10.2. The van der Waals surface area contributed by atoms with Crippen LogP contribution in [0.5, 0.6) is 11.5 Å². The van der Waals surface area contributed by atoms with Gasteiger partial charge < -0.3 is 19.5 Å². The molecular weight excluding hydrogens is 410 g/mol. The maximum absolute atomic E-state index is 12.2. The monoisotopic (exact) mass is 435 g/mol. The number of carbonyl (C=O) groups is 1. The Morgan fingerprint density at radius 1 is 0.935 bits per heavy atom. The van der Waals surface area contributed by atoms with Gasteiger partial charge in [-0.3, -0.25) is 4.79 Å². The third-order valence-electron chi connectivity index (χ3n) is 4.88. The van der Waals surface area contributed by atoms with Crippen molar-refractivity contribution in [3.63, 3.8) is 0 Å². The van der Waals surface area contributed by atoms with Gasteiger partial charge in [0.2, 0.25) is 12.7 Å². The lowest BCUT2D eigenvalue weighted by atomic mass is 10.0. The van der Waals surface area contributed by atoms with E-state index in [1.54, 1.807) is 11.8 Å². The van der Waals surface area contributed by atoms with Crippen LogP contribution >= 0.6 is 11.8 Å². The van der Waals surface area contributed by atoms with E-state index in [9.17, 15) is 4.79 Å². The number of nitrogens with one attached hydrogen (secondary N) is 1. The van der Waals surface area contributed by atoms with E-state index in [4.69, 9.17) is 14.2 Å². The molecule has 0 saturated heterocycles. The van der Waals surface area contributed by atoms with Gasteiger partial charge in [-0.15, -0.1) is 11.8 Å². The highest BCUT2D eigenvalue weighted by Gasteiger charge is 2.15. The quantitative estimate of drug-likeness (QED) is 0.473. The second-order valence-electron chi connectivity index (χ2n) is 7.09. The topological polar surface area (TPSA) is 56.8 Å². The van der Waals surface area contributed by atoms with Gasteiger partial charge in [-0.05, 0) is 28.8 Å².